The smallest absolute Gasteiger partial charge is 0.110 e. The molecule has 1 aliphatic carbocycles. The lowest BCUT2D eigenvalue weighted by Gasteiger charge is -2.42. The van der Waals surface area contributed by atoms with Crippen LogP contribution in [0, 0.1) is 0 Å². The first-order chi connectivity index (χ1) is 9.31. The molecule has 0 atom stereocenters. The van der Waals surface area contributed by atoms with E-state index in [2.05, 4.69) is 33.7 Å². The van der Waals surface area contributed by atoms with E-state index in [1.54, 1.807) is 0 Å². The van der Waals surface area contributed by atoms with Crippen LogP contribution in [0.5, 0.6) is 0 Å². The van der Waals surface area contributed by atoms with Crippen LogP contribution in [-0.4, -0.2) is 38.9 Å². The van der Waals surface area contributed by atoms with Gasteiger partial charge in [0.25, 0.3) is 0 Å². The fourth-order valence-electron chi connectivity index (χ4n) is 4.19. The number of rotatable bonds is 3. The maximum atomic E-state index is 2.53. The second-order valence-corrected chi connectivity index (χ2v) is 14.3. The predicted molar refractivity (Wildman–Crippen MR) is 94.9 cm³/mol. The van der Waals surface area contributed by atoms with Crippen molar-refractivity contribution in [3.63, 3.8) is 0 Å². The molecule has 0 aromatic heterocycles. The van der Waals surface area contributed by atoms with Crippen molar-refractivity contribution in [3.8, 4) is 0 Å². The summed E-state index contributed by atoms with van der Waals surface area (Å²) < 4.78 is 1.29. The zero-order valence-corrected chi connectivity index (χ0v) is 16.0. The Labute approximate surface area is 129 Å². The number of hydrogen-bond acceptors (Lipinski definition) is 0. The summed E-state index contributed by atoms with van der Waals surface area (Å²) in [6.07, 6.45) is 17.7. The zero-order valence-electron chi connectivity index (χ0n) is 15.0. The van der Waals surface area contributed by atoms with E-state index in [-0.39, 0.29) is 0 Å². The van der Waals surface area contributed by atoms with Crippen molar-refractivity contribution in [1.29, 1.82) is 0 Å². The molecule has 1 aliphatic rings. The van der Waals surface area contributed by atoms with Crippen LogP contribution >= 0.6 is 0 Å². The molecule has 0 heterocycles. The molecule has 1 rings (SSSR count). The van der Waals surface area contributed by atoms with Crippen molar-refractivity contribution in [3.05, 3.63) is 0 Å². The minimum Gasteiger partial charge on any atom is -0.329 e. The second-order valence-electron chi connectivity index (χ2n) is 8.91. The van der Waals surface area contributed by atoms with E-state index < -0.39 is 8.07 Å². The Bertz CT molecular complexity index is 243. The van der Waals surface area contributed by atoms with E-state index in [0.29, 0.717) is 0 Å². The van der Waals surface area contributed by atoms with Crippen molar-refractivity contribution in [1.82, 2.24) is 0 Å². The first kappa shape index (κ1) is 18.2. The Kier molecular flexibility index (Phi) is 7.82. The van der Waals surface area contributed by atoms with Gasteiger partial charge >= 0.3 is 0 Å². The van der Waals surface area contributed by atoms with Gasteiger partial charge in [-0.2, -0.15) is 0 Å². The molecule has 1 fully saturated rings. The summed E-state index contributed by atoms with van der Waals surface area (Å²) in [7, 11) is 4.04. The van der Waals surface area contributed by atoms with Crippen LogP contribution in [0.3, 0.4) is 0 Å². The van der Waals surface area contributed by atoms with Crippen molar-refractivity contribution in [2.75, 3.05) is 20.3 Å². The van der Waals surface area contributed by atoms with Gasteiger partial charge in [-0.05, 0) is 25.7 Å². The summed E-state index contributed by atoms with van der Waals surface area (Å²) in [4.78, 5) is 0. The van der Waals surface area contributed by atoms with Crippen LogP contribution in [0.4, 0.5) is 0 Å². The van der Waals surface area contributed by atoms with Gasteiger partial charge in [-0.15, -0.1) is 0 Å². The fraction of sp³-hybridized carbons (Fsp3) is 1.00. The van der Waals surface area contributed by atoms with Gasteiger partial charge in [-0.25, -0.2) is 0 Å². The standard InChI is InChI=1S/C18H40NSi/c1-19(2,17-20(3,4)5)18-15-13-11-9-7-6-8-10-12-14-16-18/h18H,6-17H2,1-5H3/q+1. The Morgan fingerprint density at radius 1 is 0.700 bits per heavy atom. The lowest BCUT2D eigenvalue weighted by Crippen LogP contribution is -2.56. The largest absolute Gasteiger partial charge is 0.329 e. The monoisotopic (exact) mass is 298 g/mol. The highest BCUT2D eigenvalue weighted by atomic mass is 28.3. The van der Waals surface area contributed by atoms with Gasteiger partial charge in [-0.1, -0.05) is 64.6 Å². The van der Waals surface area contributed by atoms with Gasteiger partial charge in [0.15, 0.2) is 0 Å². The summed E-state index contributed by atoms with van der Waals surface area (Å²) >= 11 is 0. The minimum absolute atomic E-state index is 0.918. The van der Waals surface area contributed by atoms with Gasteiger partial charge in [0.05, 0.1) is 26.3 Å². The lowest BCUT2D eigenvalue weighted by molar-refractivity contribution is -0.906. The van der Waals surface area contributed by atoms with E-state index in [1.165, 1.54) is 81.3 Å². The van der Waals surface area contributed by atoms with Gasteiger partial charge in [0.2, 0.25) is 0 Å². The number of quaternary nitrogens is 1. The highest BCUT2D eigenvalue weighted by Gasteiger charge is 2.32. The maximum Gasteiger partial charge on any atom is 0.110 e. The topological polar surface area (TPSA) is 0 Å². The number of hydrogen-bond donors (Lipinski definition) is 0. The highest BCUT2D eigenvalue weighted by molar-refractivity contribution is 6.75. The third-order valence-corrected chi connectivity index (χ3v) is 6.71. The van der Waals surface area contributed by atoms with E-state index in [0.717, 1.165) is 6.04 Å². The second kappa shape index (κ2) is 8.58. The van der Waals surface area contributed by atoms with E-state index >= 15 is 0 Å². The van der Waals surface area contributed by atoms with Gasteiger partial charge in [0.1, 0.15) is 8.07 Å². The van der Waals surface area contributed by atoms with E-state index in [4.69, 9.17) is 0 Å². The molecular formula is C18H40NSi+. The predicted octanol–water partition coefficient (Wildman–Crippen LogP) is 5.61. The summed E-state index contributed by atoms with van der Waals surface area (Å²) in [5, 5.41) is 0. The molecule has 1 saturated carbocycles. The number of nitrogens with zero attached hydrogens (tertiary/aromatic N) is 1. The molecule has 2 heteroatoms. The average molecular weight is 299 g/mol. The molecule has 1 nitrogen and oxygen atoms in total. The van der Waals surface area contributed by atoms with Gasteiger partial charge in [-0.3, -0.25) is 0 Å². The minimum atomic E-state index is -0.974. The molecule has 0 spiro atoms. The van der Waals surface area contributed by atoms with Crippen molar-refractivity contribution < 1.29 is 4.48 Å². The molecule has 0 N–H and O–H groups in total. The normalized spacial score (nSPS) is 22.1. The summed E-state index contributed by atoms with van der Waals surface area (Å²) in [5.74, 6) is 0. The Morgan fingerprint density at radius 3 is 1.40 bits per heavy atom. The molecule has 20 heavy (non-hydrogen) atoms. The lowest BCUT2D eigenvalue weighted by atomic mass is 9.96. The summed E-state index contributed by atoms with van der Waals surface area (Å²) in [6, 6.07) is 0.918. The Hall–Kier alpha value is 0.177. The van der Waals surface area contributed by atoms with Crippen LogP contribution in [-0.2, 0) is 0 Å². The quantitative estimate of drug-likeness (QED) is 0.469. The highest BCUT2D eigenvalue weighted by Crippen LogP contribution is 2.24. The maximum absolute atomic E-state index is 2.53. The molecule has 0 bridgehead atoms. The van der Waals surface area contributed by atoms with E-state index in [1.807, 2.05) is 0 Å². The van der Waals surface area contributed by atoms with Crippen LogP contribution in [0.15, 0.2) is 0 Å². The van der Waals surface area contributed by atoms with Crippen LogP contribution in [0.1, 0.15) is 70.6 Å². The zero-order chi connectivity index (χ0) is 15.1. The summed E-state index contributed by atoms with van der Waals surface area (Å²) in [5.41, 5.74) is 0. The SMILES string of the molecule is C[N+](C)(C[Si](C)(C)C)C1CCCCCCCCCCC1. The Balaban J connectivity index is 2.56. The molecule has 0 aromatic carbocycles. The van der Waals surface area contributed by atoms with Crippen LogP contribution < -0.4 is 0 Å². The van der Waals surface area contributed by atoms with Gasteiger partial charge < -0.3 is 4.48 Å². The first-order valence-corrected chi connectivity index (χ1v) is 12.8. The molecule has 0 aliphatic heterocycles. The molecular weight excluding hydrogens is 258 g/mol. The third-order valence-electron chi connectivity index (χ3n) is 4.95. The molecule has 0 aromatic rings. The molecule has 0 saturated heterocycles. The van der Waals surface area contributed by atoms with Crippen molar-refractivity contribution in [2.45, 2.75) is 96.3 Å². The van der Waals surface area contributed by atoms with Crippen LogP contribution in [0.2, 0.25) is 19.6 Å². The first-order valence-electron chi connectivity index (χ1n) is 9.14. The van der Waals surface area contributed by atoms with Crippen molar-refractivity contribution in [2.24, 2.45) is 0 Å². The molecule has 0 radical (unpaired) electrons. The molecule has 0 unspecified atom stereocenters. The Morgan fingerprint density at radius 2 is 1.05 bits per heavy atom. The van der Waals surface area contributed by atoms with E-state index in [9.17, 15) is 0 Å². The molecule has 0 amide bonds. The fourth-order valence-corrected chi connectivity index (χ4v) is 6.90. The van der Waals surface area contributed by atoms with Gasteiger partial charge in [0, 0.05) is 0 Å². The third kappa shape index (κ3) is 7.83. The summed E-state index contributed by atoms with van der Waals surface area (Å²) in [6.45, 7) is 7.59. The van der Waals surface area contributed by atoms with Crippen molar-refractivity contribution >= 4 is 8.07 Å². The van der Waals surface area contributed by atoms with Crippen LogP contribution in [0.25, 0.3) is 0 Å². The molecule has 120 valence electrons. The average Bonchev–Trinajstić information content (AvgIpc) is 2.25.